The number of allylic oxidation sites excluding steroid dienone is 6. The third-order valence-corrected chi connectivity index (χ3v) is 9.63. The number of aliphatic hydroxyl groups is 3. The minimum Gasteiger partial charge on any atom is -0.756 e. The lowest BCUT2D eigenvalue weighted by Crippen LogP contribution is -2.45. The first-order valence-electron chi connectivity index (χ1n) is 20.4. The highest BCUT2D eigenvalue weighted by Gasteiger charge is 2.23. The fourth-order valence-electron chi connectivity index (χ4n) is 5.28. The summed E-state index contributed by atoms with van der Waals surface area (Å²) in [5.41, 5.74) is 0. The normalized spacial score (nSPS) is 16.3. The zero-order valence-corrected chi connectivity index (χ0v) is 34.8. The standard InChI is InChI=1S/C42H77N2O8P/c1-6-8-10-12-14-15-16-17-18-19-21-27-33-41(47)40(37-52-53(49,50)51-36-35-44(3,4)5)43-42(48)34-28-32-39(46)31-26-23-22-25-30-38(45)29-24-20-13-11-9-7-2/h20,22-27,30-31,33,38-41,45-47H,6-19,21,28-29,32,34-37H2,1-5H3,(H-,43,48,49,50)/b23-22+,24-20-,30-25+,31-26-,33-27+/t38-,39-,40-,41+/m0/s1. The summed E-state index contributed by atoms with van der Waals surface area (Å²) < 4.78 is 23.0. The molecule has 1 unspecified atom stereocenters. The van der Waals surface area contributed by atoms with Gasteiger partial charge in [-0.3, -0.25) is 9.36 Å². The van der Waals surface area contributed by atoms with Gasteiger partial charge in [0.05, 0.1) is 52.1 Å². The lowest BCUT2D eigenvalue weighted by molar-refractivity contribution is -0.870. The summed E-state index contributed by atoms with van der Waals surface area (Å²) in [6.45, 7) is 4.34. The summed E-state index contributed by atoms with van der Waals surface area (Å²) in [5.74, 6) is -0.386. The number of likely N-dealkylation sites (N-methyl/N-ethyl adjacent to an activating group) is 1. The van der Waals surface area contributed by atoms with Gasteiger partial charge >= 0.3 is 0 Å². The van der Waals surface area contributed by atoms with Gasteiger partial charge in [-0.15, -0.1) is 0 Å². The van der Waals surface area contributed by atoms with Crippen molar-refractivity contribution in [3.8, 4) is 0 Å². The summed E-state index contributed by atoms with van der Waals surface area (Å²) in [4.78, 5) is 25.2. The fourth-order valence-corrected chi connectivity index (χ4v) is 6.01. The van der Waals surface area contributed by atoms with E-state index in [0.717, 1.165) is 25.7 Å². The number of rotatable bonds is 35. The van der Waals surface area contributed by atoms with Crippen molar-refractivity contribution in [2.75, 3.05) is 40.9 Å². The Labute approximate surface area is 323 Å². The van der Waals surface area contributed by atoms with Crippen LogP contribution in [-0.2, 0) is 18.4 Å². The summed E-state index contributed by atoms with van der Waals surface area (Å²) in [6.07, 6.45) is 34.6. The van der Waals surface area contributed by atoms with E-state index in [-0.39, 0.29) is 18.9 Å². The average Bonchev–Trinajstić information content (AvgIpc) is 3.09. The van der Waals surface area contributed by atoms with Crippen molar-refractivity contribution >= 4 is 13.7 Å². The van der Waals surface area contributed by atoms with Gasteiger partial charge in [-0.25, -0.2) is 0 Å². The molecule has 0 aliphatic carbocycles. The van der Waals surface area contributed by atoms with E-state index >= 15 is 0 Å². The number of phosphoric acid groups is 1. The Hall–Kier alpha value is -1.88. The van der Waals surface area contributed by atoms with Crippen LogP contribution in [0.4, 0.5) is 0 Å². The lowest BCUT2D eigenvalue weighted by Gasteiger charge is -2.29. The Morgan fingerprint density at radius 2 is 1.26 bits per heavy atom. The molecule has 0 spiro atoms. The minimum atomic E-state index is -4.65. The van der Waals surface area contributed by atoms with Crippen molar-refractivity contribution in [1.29, 1.82) is 0 Å². The smallest absolute Gasteiger partial charge is 0.268 e. The number of aliphatic hydroxyl groups excluding tert-OH is 3. The molecule has 0 aromatic rings. The highest BCUT2D eigenvalue weighted by atomic mass is 31.2. The van der Waals surface area contributed by atoms with E-state index in [1.54, 1.807) is 42.5 Å². The zero-order valence-electron chi connectivity index (χ0n) is 33.9. The lowest BCUT2D eigenvalue weighted by atomic mass is 10.1. The van der Waals surface area contributed by atoms with Gasteiger partial charge in [0.25, 0.3) is 7.82 Å². The van der Waals surface area contributed by atoms with Gasteiger partial charge in [0.2, 0.25) is 5.91 Å². The number of phosphoric ester groups is 1. The monoisotopic (exact) mass is 769 g/mol. The number of quaternary nitrogens is 1. The summed E-state index contributed by atoms with van der Waals surface area (Å²) >= 11 is 0. The van der Waals surface area contributed by atoms with Crippen molar-refractivity contribution in [2.45, 2.75) is 160 Å². The van der Waals surface area contributed by atoms with Gasteiger partial charge in [0.1, 0.15) is 13.2 Å². The van der Waals surface area contributed by atoms with Crippen molar-refractivity contribution in [3.63, 3.8) is 0 Å². The molecule has 0 rings (SSSR count). The molecule has 5 atom stereocenters. The van der Waals surface area contributed by atoms with Crippen LogP contribution in [0.5, 0.6) is 0 Å². The number of nitrogens with zero attached hydrogens (tertiary/aromatic N) is 1. The molecule has 0 saturated carbocycles. The molecule has 0 aromatic heterocycles. The summed E-state index contributed by atoms with van der Waals surface area (Å²) in [5, 5.41) is 33.9. The molecule has 1 amide bonds. The van der Waals surface area contributed by atoms with Gasteiger partial charge in [-0.1, -0.05) is 145 Å². The second-order valence-corrected chi connectivity index (χ2v) is 16.4. The SMILES string of the molecule is CCCCC/C=C\C[C@H](O)/C=C/C=C/C=C\[C@H](O)CCCC(=O)N[C@@H](COP(=O)([O-])OCC[N+](C)(C)C)[C@H](O)/C=C/CCCCCCCCCCCC. The fraction of sp³-hybridized carbons (Fsp3) is 0.738. The molecule has 11 heteroatoms. The van der Waals surface area contributed by atoms with Gasteiger partial charge in [0, 0.05) is 6.42 Å². The number of hydrogen-bond donors (Lipinski definition) is 4. The molecule has 0 saturated heterocycles. The maximum atomic E-state index is 12.8. The van der Waals surface area contributed by atoms with E-state index in [1.165, 1.54) is 70.6 Å². The summed E-state index contributed by atoms with van der Waals surface area (Å²) in [7, 11) is 1.09. The van der Waals surface area contributed by atoms with Crippen molar-refractivity contribution < 1.29 is 43.1 Å². The predicted octanol–water partition coefficient (Wildman–Crippen LogP) is 7.99. The van der Waals surface area contributed by atoms with Gasteiger partial charge in [-0.2, -0.15) is 0 Å². The van der Waals surface area contributed by atoms with E-state index in [4.69, 9.17) is 9.05 Å². The first-order valence-corrected chi connectivity index (χ1v) is 21.8. The number of hydrogen-bond acceptors (Lipinski definition) is 8. The minimum absolute atomic E-state index is 0.0495. The van der Waals surface area contributed by atoms with E-state index in [0.29, 0.717) is 30.3 Å². The Morgan fingerprint density at radius 3 is 1.89 bits per heavy atom. The van der Waals surface area contributed by atoms with Crippen LogP contribution in [0.3, 0.4) is 0 Å². The van der Waals surface area contributed by atoms with Crippen molar-refractivity contribution in [1.82, 2.24) is 5.32 Å². The van der Waals surface area contributed by atoms with Crippen molar-refractivity contribution in [2.24, 2.45) is 0 Å². The molecule has 4 N–H and O–H groups in total. The second-order valence-electron chi connectivity index (χ2n) is 15.0. The topological polar surface area (TPSA) is 148 Å². The Morgan fingerprint density at radius 1 is 0.717 bits per heavy atom. The molecule has 0 aromatic carbocycles. The van der Waals surface area contributed by atoms with Crippen LogP contribution in [0.25, 0.3) is 0 Å². The number of carbonyl (C=O) groups is 1. The molecule has 53 heavy (non-hydrogen) atoms. The van der Waals surface area contributed by atoms with Crippen LogP contribution in [0, 0.1) is 0 Å². The second kappa shape index (κ2) is 33.5. The highest BCUT2D eigenvalue weighted by Crippen LogP contribution is 2.38. The van der Waals surface area contributed by atoms with Crippen LogP contribution >= 0.6 is 7.82 Å². The maximum Gasteiger partial charge on any atom is 0.268 e. The van der Waals surface area contributed by atoms with Crippen LogP contribution in [0.15, 0.2) is 60.8 Å². The van der Waals surface area contributed by atoms with Crippen LogP contribution in [0.1, 0.15) is 136 Å². The van der Waals surface area contributed by atoms with Gasteiger partial charge in [0.15, 0.2) is 0 Å². The van der Waals surface area contributed by atoms with Gasteiger partial charge < -0.3 is 39.1 Å². The van der Waals surface area contributed by atoms with Crippen molar-refractivity contribution in [3.05, 3.63) is 60.8 Å². The van der Waals surface area contributed by atoms with Crippen LogP contribution in [0.2, 0.25) is 0 Å². The van der Waals surface area contributed by atoms with E-state index in [9.17, 15) is 29.6 Å². The molecule has 0 fully saturated rings. The van der Waals surface area contributed by atoms with E-state index < -0.39 is 38.8 Å². The predicted molar refractivity (Wildman–Crippen MR) is 217 cm³/mol. The molecular formula is C42H77N2O8P. The molecule has 0 aliphatic rings. The average molecular weight is 769 g/mol. The third kappa shape index (κ3) is 35.6. The Balaban J connectivity index is 4.80. The van der Waals surface area contributed by atoms with Gasteiger partial charge in [-0.05, 0) is 44.9 Å². The quantitative estimate of drug-likeness (QED) is 0.0167. The number of nitrogens with one attached hydrogen (secondary N) is 1. The maximum absolute atomic E-state index is 12.8. The van der Waals surface area contributed by atoms with Crippen LogP contribution in [-0.4, -0.2) is 91.0 Å². The number of carbonyl (C=O) groups excluding carboxylic acids is 1. The first-order chi connectivity index (χ1) is 25.3. The molecular weight excluding hydrogens is 691 g/mol. The van der Waals surface area contributed by atoms with E-state index in [2.05, 4.69) is 25.2 Å². The Bertz CT molecular complexity index is 1090. The first kappa shape index (κ1) is 51.1. The number of amides is 1. The molecule has 0 aliphatic heterocycles. The third-order valence-electron chi connectivity index (χ3n) is 8.66. The zero-order chi connectivity index (χ0) is 39.6. The number of unbranched alkanes of at least 4 members (excludes halogenated alkanes) is 13. The largest absolute Gasteiger partial charge is 0.756 e. The van der Waals surface area contributed by atoms with Crippen LogP contribution < -0.4 is 10.2 Å². The molecule has 10 nitrogen and oxygen atoms in total. The highest BCUT2D eigenvalue weighted by molar-refractivity contribution is 7.45. The summed E-state index contributed by atoms with van der Waals surface area (Å²) in [6, 6.07) is -1.00. The molecule has 0 radical (unpaired) electrons. The van der Waals surface area contributed by atoms with E-state index in [1.807, 2.05) is 33.3 Å². The Kier molecular flexibility index (Phi) is 32.3. The molecule has 308 valence electrons. The molecule has 0 bridgehead atoms. The molecule has 0 heterocycles.